The standard InChI is InChI=1S/C23H26BrN3O6S/c1-6-10-32-22(29)17-12(3)19(23(30)31-7-2)34-21(17)25-20(28)16-9-8-15(33-16)11-27-14(5)18(24)13(4)26-27/h8-9H,6-7,10-11H2,1-5H3,(H,25,28). The Hall–Kier alpha value is -2.92. The molecule has 9 nitrogen and oxygen atoms in total. The van der Waals surface area contributed by atoms with E-state index in [4.69, 9.17) is 13.9 Å². The molecule has 0 unspecified atom stereocenters. The number of halogens is 1. The Kier molecular flexibility index (Phi) is 8.32. The van der Waals surface area contributed by atoms with Gasteiger partial charge in [0.25, 0.3) is 5.91 Å². The molecule has 0 aromatic carbocycles. The molecular weight excluding hydrogens is 526 g/mol. The summed E-state index contributed by atoms with van der Waals surface area (Å²) in [6.07, 6.45) is 0.641. The van der Waals surface area contributed by atoms with Crippen molar-refractivity contribution in [2.24, 2.45) is 0 Å². The number of esters is 2. The SMILES string of the molecule is CCCOC(=O)c1c(NC(=O)c2ccc(Cn3nc(C)c(Br)c3C)o2)sc(C(=O)OCC)c1C. The van der Waals surface area contributed by atoms with Crippen LogP contribution in [0.4, 0.5) is 5.00 Å². The number of carbonyl (C=O) groups is 3. The van der Waals surface area contributed by atoms with Crippen LogP contribution < -0.4 is 5.32 Å². The van der Waals surface area contributed by atoms with E-state index in [1.807, 2.05) is 20.8 Å². The Balaban J connectivity index is 1.84. The fourth-order valence-electron chi connectivity index (χ4n) is 3.23. The molecule has 0 saturated heterocycles. The van der Waals surface area contributed by atoms with Gasteiger partial charge in [0, 0.05) is 0 Å². The molecule has 3 heterocycles. The largest absolute Gasteiger partial charge is 0.462 e. The predicted molar refractivity (Wildman–Crippen MR) is 131 cm³/mol. The molecule has 1 N–H and O–H groups in total. The van der Waals surface area contributed by atoms with E-state index in [0.29, 0.717) is 24.3 Å². The van der Waals surface area contributed by atoms with Gasteiger partial charge < -0.3 is 19.2 Å². The summed E-state index contributed by atoms with van der Waals surface area (Å²) < 4.78 is 18.8. The summed E-state index contributed by atoms with van der Waals surface area (Å²) in [5.41, 5.74) is 2.33. The normalized spacial score (nSPS) is 10.9. The van der Waals surface area contributed by atoms with Crippen LogP contribution in [0.1, 0.15) is 73.6 Å². The number of carbonyl (C=O) groups excluding carboxylic acids is 3. The van der Waals surface area contributed by atoms with Crippen LogP contribution in [-0.2, 0) is 16.0 Å². The highest BCUT2D eigenvalue weighted by Gasteiger charge is 2.28. The summed E-state index contributed by atoms with van der Waals surface area (Å²) in [5.74, 6) is -1.13. The number of nitrogens with zero attached hydrogens (tertiary/aromatic N) is 2. The molecule has 0 aliphatic rings. The summed E-state index contributed by atoms with van der Waals surface area (Å²) in [7, 11) is 0. The highest BCUT2D eigenvalue weighted by Crippen LogP contribution is 2.35. The zero-order chi connectivity index (χ0) is 25.0. The van der Waals surface area contributed by atoms with Gasteiger partial charge in [-0.25, -0.2) is 9.59 Å². The van der Waals surface area contributed by atoms with Gasteiger partial charge in [-0.1, -0.05) is 6.92 Å². The maximum absolute atomic E-state index is 12.9. The Morgan fingerprint density at radius 3 is 2.50 bits per heavy atom. The average Bonchev–Trinajstić information content (AvgIpc) is 3.46. The van der Waals surface area contributed by atoms with Crippen LogP contribution in [0.5, 0.6) is 0 Å². The molecule has 0 saturated carbocycles. The molecule has 0 radical (unpaired) electrons. The Bertz CT molecular complexity index is 1230. The highest BCUT2D eigenvalue weighted by molar-refractivity contribution is 9.10. The molecule has 3 aromatic rings. The van der Waals surface area contributed by atoms with Gasteiger partial charge in [0.2, 0.25) is 0 Å². The molecule has 0 bridgehead atoms. The van der Waals surface area contributed by atoms with E-state index in [0.717, 1.165) is 27.2 Å². The van der Waals surface area contributed by atoms with Crippen molar-refractivity contribution in [3.63, 3.8) is 0 Å². The molecule has 0 fully saturated rings. The molecule has 182 valence electrons. The van der Waals surface area contributed by atoms with Gasteiger partial charge in [-0.15, -0.1) is 11.3 Å². The topological polar surface area (TPSA) is 113 Å². The first-order chi connectivity index (χ1) is 16.2. The predicted octanol–water partition coefficient (Wildman–Crippen LogP) is 5.27. The average molecular weight is 552 g/mol. The fraction of sp³-hybridized carbons (Fsp3) is 0.391. The molecule has 0 aliphatic heterocycles. The maximum Gasteiger partial charge on any atom is 0.348 e. The number of nitrogens with one attached hydrogen (secondary N) is 1. The number of aryl methyl sites for hydroxylation is 1. The Labute approximate surface area is 209 Å². The minimum absolute atomic E-state index is 0.0622. The molecular formula is C23H26BrN3O6S. The van der Waals surface area contributed by atoms with Crippen molar-refractivity contribution in [1.29, 1.82) is 0 Å². The lowest BCUT2D eigenvalue weighted by molar-refractivity contribution is 0.0506. The smallest absolute Gasteiger partial charge is 0.348 e. The van der Waals surface area contributed by atoms with E-state index in [2.05, 4.69) is 26.3 Å². The van der Waals surface area contributed by atoms with Gasteiger partial charge in [-0.05, 0) is 67.7 Å². The number of ether oxygens (including phenoxy) is 2. The second kappa shape index (κ2) is 11.0. The molecule has 11 heteroatoms. The minimum Gasteiger partial charge on any atom is -0.462 e. The molecule has 0 spiro atoms. The van der Waals surface area contributed by atoms with Crippen molar-refractivity contribution >= 4 is 50.1 Å². The molecule has 3 rings (SSSR count). The maximum atomic E-state index is 12.9. The second-order valence-electron chi connectivity index (χ2n) is 7.48. The highest BCUT2D eigenvalue weighted by atomic mass is 79.9. The zero-order valence-corrected chi connectivity index (χ0v) is 22.0. The summed E-state index contributed by atoms with van der Waals surface area (Å²) >= 11 is 4.46. The number of rotatable bonds is 9. The van der Waals surface area contributed by atoms with Crippen LogP contribution in [0.25, 0.3) is 0 Å². The van der Waals surface area contributed by atoms with Crippen molar-refractivity contribution in [3.05, 3.63) is 55.5 Å². The summed E-state index contributed by atoms with van der Waals surface area (Å²) in [6.45, 7) is 9.78. The van der Waals surface area contributed by atoms with E-state index < -0.39 is 17.8 Å². The number of thiophene rings is 1. The van der Waals surface area contributed by atoms with Crippen LogP contribution in [0.15, 0.2) is 21.0 Å². The monoisotopic (exact) mass is 551 g/mol. The lowest BCUT2D eigenvalue weighted by Gasteiger charge is -2.07. The van der Waals surface area contributed by atoms with Gasteiger partial charge in [0.05, 0.1) is 41.2 Å². The van der Waals surface area contributed by atoms with Crippen molar-refractivity contribution in [2.45, 2.75) is 47.6 Å². The fourth-order valence-corrected chi connectivity index (χ4v) is 4.60. The van der Waals surface area contributed by atoms with Crippen LogP contribution >= 0.6 is 27.3 Å². The lowest BCUT2D eigenvalue weighted by Crippen LogP contribution is -2.14. The van der Waals surface area contributed by atoms with E-state index in [1.54, 1.807) is 30.7 Å². The van der Waals surface area contributed by atoms with Crippen LogP contribution in [-0.4, -0.2) is 40.8 Å². The number of amides is 1. The summed E-state index contributed by atoms with van der Waals surface area (Å²) in [6, 6.07) is 3.24. The van der Waals surface area contributed by atoms with E-state index >= 15 is 0 Å². The number of aromatic nitrogens is 2. The lowest BCUT2D eigenvalue weighted by atomic mass is 10.1. The van der Waals surface area contributed by atoms with Gasteiger partial charge >= 0.3 is 11.9 Å². The number of hydrogen-bond acceptors (Lipinski definition) is 8. The van der Waals surface area contributed by atoms with Crippen molar-refractivity contribution in [2.75, 3.05) is 18.5 Å². The first-order valence-electron chi connectivity index (χ1n) is 10.7. The zero-order valence-electron chi connectivity index (χ0n) is 19.6. The molecule has 34 heavy (non-hydrogen) atoms. The minimum atomic E-state index is -0.614. The summed E-state index contributed by atoms with van der Waals surface area (Å²) in [5, 5.41) is 7.33. The van der Waals surface area contributed by atoms with Crippen molar-refractivity contribution in [3.8, 4) is 0 Å². The van der Waals surface area contributed by atoms with Gasteiger partial charge in [0.1, 0.15) is 15.6 Å². The third kappa shape index (κ3) is 5.41. The molecule has 1 amide bonds. The molecule has 0 atom stereocenters. The van der Waals surface area contributed by atoms with Crippen LogP contribution in [0.3, 0.4) is 0 Å². The third-order valence-electron chi connectivity index (χ3n) is 4.96. The van der Waals surface area contributed by atoms with Gasteiger partial charge in [0.15, 0.2) is 5.76 Å². The first-order valence-corrected chi connectivity index (χ1v) is 12.4. The summed E-state index contributed by atoms with van der Waals surface area (Å²) in [4.78, 5) is 38.2. The molecule has 3 aromatic heterocycles. The third-order valence-corrected chi connectivity index (χ3v) is 7.30. The van der Waals surface area contributed by atoms with E-state index in [1.165, 1.54) is 0 Å². The number of anilines is 1. The second-order valence-corrected chi connectivity index (χ2v) is 9.29. The van der Waals surface area contributed by atoms with Crippen LogP contribution in [0, 0.1) is 20.8 Å². The van der Waals surface area contributed by atoms with Crippen LogP contribution in [0.2, 0.25) is 0 Å². The Morgan fingerprint density at radius 1 is 1.15 bits per heavy atom. The molecule has 0 aliphatic carbocycles. The van der Waals surface area contributed by atoms with Gasteiger partial charge in [-0.2, -0.15) is 5.10 Å². The number of furan rings is 1. The van der Waals surface area contributed by atoms with Crippen molar-refractivity contribution < 1.29 is 28.3 Å². The van der Waals surface area contributed by atoms with E-state index in [9.17, 15) is 14.4 Å². The quantitative estimate of drug-likeness (QED) is 0.360. The van der Waals surface area contributed by atoms with Crippen molar-refractivity contribution in [1.82, 2.24) is 9.78 Å². The Morgan fingerprint density at radius 2 is 1.88 bits per heavy atom. The van der Waals surface area contributed by atoms with Gasteiger partial charge in [-0.3, -0.25) is 9.48 Å². The first kappa shape index (κ1) is 25.7. The number of hydrogen-bond donors (Lipinski definition) is 1. The van der Waals surface area contributed by atoms with E-state index in [-0.39, 0.29) is 34.4 Å².